The zero-order valence-electron chi connectivity index (χ0n) is 16.2. The molecule has 5 nitrogen and oxygen atoms in total. The number of nitrogens with zero attached hydrogens (tertiary/aromatic N) is 2. The molecule has 1 N–H and O–H groups in total. The van der Waals surface area contributed by atoms with E-state index in [1.807, 2.05) is 12.1 Å². The van der Waals surface area contributed by atoms with E-state index >= 15 is 0 Å². The van der Waals surface area contributed by atoms with Gasteiger partial charge in [-0.15, -0.1) is 0 Å². The number of hydrogen-bond acceptors (Lipinski definition) is 4. The normalized spacial score (nSPS) is 14.8. The van der Waals surface area contributed by atoms with E-state index in [-0.39, 0.29) is 0 Å². The molecule has 2 rings (SSSR count). The van der Waals surface area contributed by atoms with Gasteiger partial charge >= 0.3 is 0 Å². The minimum atomic E-state index is 0.804. The summed E-state index contributed by atoms with van der Waals surface area (Å²) in [5, 5.41) is 4.26. The third kappa shape index (κ3) is 7.48. The fraction of sp³-hybridized carbons (Fsp3) is 0.650. The fourth-order valence-corrected chi connectivity index (χ4v) is 3.30. The average Bonchev–Trinajstić information content (AvgIpc) is 2.68. The molecule has 1 aliphatic rings. The minimum absolute atomic E-state index is 0.804. The molecule has 0 aliphatic carbocycles. The van der Waals surface area contributed by atoms with Gasteiger partial charge in [0, 0.05) is 39.3 Å². The summed E-state index contributed by atoms with van der Waals surface area (Å²) in [5.74, 6) is 0.889. The minimum Gasteiger partial charge on any atom is -0.497 e. The SMILES string of the molecule is CCCCNC(=S)N(CCCN1CCOCC1)Cc1cccc(OC)c1. The summed E-state index contributed by atoms with van der Waals surface area (Å²) in [6, 6.07) is 8.23. The van der Waals surface area contributed by atoms with Crippen LogP contribution in [0.15, 0.2) is 24.3 Å². The molecule has 6 heteroatoms. The molecule has 146 valence electrons. The van der Waals surface area contributed by atoms with Gasteiger partial charge in [-0.25, -0.2) is 0 Å². The monoisotopic (exact) mass is 379 g/mol. The van der Waals surface area contributed by atoms with Crippen LogP contribution in [0.4, 0.5) is 0 Å². The Labute approximate surface area is 163 Å². The molecule has 1 saturated heterocycles. The van der Waals surface area contributed by atoms with Crippen molar-refractivity contribution in [3.8, 4) is 5.75 Å². The van der Waals surface area contributed by atoms with E-state index in [9.17, 15) is 0 Å². The van der Waals surface area contributed by atoms with Gasteiger partial charge in [0.05, 0.1) is 20.3 Å². The highest BCUT2D eigenvalue weighted by molar-refractivity contribution is 7.80. The average molecular weight is 380 g/mol. The van der Waals surface area contributed by atoms with Crippen LogP contribution in [-0.2, 0) is 11.3 Å². The lowest BCUT2D eigenvalue weighted by molar-refractivity contribution is 0.0367. The third-order valence-corrected chi connectivity index (χ3v) is 5.01. The van der Waals surface area contributed by atoms with Crippen LogP contribution in [0.25, 0.3) is 0 Å². The highest BCUT2D eigenvalue weighted by atomic mass is 32.1. The first-order chi connectivity index (χ1) is 12.7. The lowest BCUT2D eigenvalue weighted by Crippen LogP contribution is -2.42. The lowest BCUT2D eigenvalue weighted by atomic mass is 10.2. The third-order valence-electron chi connectivity index (χ3n) is 4.61. The first-order valence-corrected chi connectivity index (χ1v) is 10.1. The fourth-order valence-electron chi connectivity index (χ4n) is 3.04. The Hall–Kier alpha value is -1.37. The molecule has 1 aromatic carbocycles. The van der Waals surface area contributed by atoms with Crippen molar-refractivity contribution in [2.45, 2.75) is 32.7 Å². The number of methoxy groups -OCH3 is 1. The largest absolute Gasteiger partial charge is 0.497 e. The van der Waals surface area contributed by atoms with Crippen LogP contribution < -0.4 is 10.1 Å². The second-order valence-corrected chi connectivity index (χ2v) is 7.05. The molecule has 0 saturated carbocycles. The van der Waals surface area contributed by atoms with Crippen molar-refractivity contribution < 1.29 is 9.47 Å². The zero-order chi connectivity index (χ0) is 18.6. The van der Waals surface area contributed by atoms with Crippen LogP contribution in [-0.4, -0.2) is 68.0 Å². The van der Waals surface area contributed by atoms with Gasteiger partial charge in [0.2, 0.25) is 0 Å². The van der Waals surface area contributed by atoms with Crippen molar-refractivity contribution in [3.05, 3.63) is 29.8 Å². The summed E-state index contributed by atoms with van der Waals surface area (Å²) < 4.78 is 10.8. The van der Waals surface area contributed by atoms with Crippen molar-refractivity contribution >= 4 is 17.3 Å². The van der Waals surface area contributed by atoms with Gasteiger partial charge in [-0.1, -0.05) is 25.5 Å². The molecule has 1 aliphatic heterocycles. The molecular formula is C20H33N3O2S. The van der Waals surface area contributed by atoms with Crippen LogP contribution in [0.2, 0.25) is 0 Å². The standard InChI is InChI=1S/C20H33N3O2S/c1-3-4-9-21-20(26)23(11-6-10-22-12-14-25-15-13-22)17-18-7-5-8-19(16-18)24-2/h5,7-8,16H,3-4,6,9-15,17H2,1-2H3,(H,21,26). The molecule has 1 aromatic rings. The van der Waals surface area contributed by atoms with E-state index in [0.29, 0.717) is 0 Å². The number of morpholine rings is 1. The van der Waals surface area contributed by atoms with Gasteiger partial charge in [0.15, 0.2) is 5.11 Å². The topological polar surface area (TPSA) is 37.0 Å². The van der Waals surface area contributed by atoms with Crippen molar-refractivity contribution in [3.63, 3.8) is 0 Å². The number of nitrogens with one attached hydrogen (secondary N) is 1. The van der Waals surface area contributed by atoms with Gasteiger partial charge in [-0.2, -0.15) is 0 Å². The zero-order valence-corrected chi connectivity index (χ0v) is 17.0. The summed E-state index contributed by atoms with van der Waals surface area (Å²) in [4.78, 5) is 4.75. The van der Waals surface area contributed by atoms with E-state index in [0.717, 1.165) is 76.2 Å². The second kappa shape index (κ2) is 12.1. The summed E-state index contributed by atoms with van der Waals surface area (Å²) in [7, 11) is 1.70. The number of unbranched alkanes of at least 4 members (excludes halogenated alkanes) is 1. The maximum atomic E-state index is 5.67. The van der Waals surface area contributed by atoms with Crippen LogP contribution in [0.3, 0.4) is 0 Å². The molecule has 0 bridgehead atoms. The van der Waals surface area contributed by atoms with Crippen molar-refractivity contribution in [2.24, 2.45) is 0 Å². The highest BCUT2D eigenvalue weighted by Crippen LogP contribution is 2.15. The number of rotatable bonds is 10. The predicted molar refractivity (Wildman–Crippen MR) is 111 cm³/mol. The molecule has 26 heavy (non-hydrogen) atoms. The van der Waals surface area contributed by atoms with E-state index in [1.165, 1.54) is 12.0 Å². The molecule has 0 aromatic heterocycles. The first kappa shape index (κ1) is 20.9. The summed E-state index contributed by atoms with van der Waals surface area (Å²) in [6.07, 6.45) is 3.41. The lowest BCUT2D eigenvalue weighted by Gasteiger charge is -2.29. The Morgan fingerprint density at radius 1 is 1.31 bits per heavy atom. The van der Waals surface area contributed by atoms with E-state index in [1.54, 1.807) is 7.11 Å². The number of ether oxygens (including phenoxy) is 2. The quantitative estimate of drug-likeness (QED) is 0.498. The van der Waals surface area contributed by atoms with Gasteiger partial charge in [-0.05, 0) is 42.8 Å². The second-order valence-electron chi connectivity index (χ2n) is 6.67. The molecular weight excluding hydrogens is 346 g/mol. The summed E-state index contributed by atoms with van der Waals surface area (Å²) in [5.41, 5.74) is 1.22. The maximum absolute atomic E-state index is 5.67. The number of thiocarbonyl (C=S) groups is 1. The smallest absolute Gasteiger partial charge is 0.169 e. The Bertz CT molecular complexity index is 536. The van der Waals surface area contributed by atoms with Crippen molar-refractivity contribution in [1.82, 2.24) is 15.1 Å². The summed E-state index contributed by atoms with van der Waals surface area (Å²) in [6.45, 7) is 9.76. The Morgan fingerprint density at radius 3 is 2.85 bits per heavy atom. The van der Waals surface area contributed by atoms with E-state index < -0.39 is 0 Å². The molecule has 1 heterocycles. The summed E-state index contributed by atoms with van der Waals surface area (Å²) >= 11 is 5.67. The van der Waals surface area contributed by atoms with Gasteiger partial charge in [0.25, 0.3) is 0 Å². The van der Waals surface area contributed by atoms with Crippen LogP contribution >= 0.6 is 12.2 Å². The van der Waals surface area contributed by atoms with Gasteiger partial charge in [-0.3, -0.25) is 4.90 Å². The van der Waals surface area contributed by atoms with Crippen LogP contribution in [0.5, 0.6) is 5.75 Å². The Balaban J connectivity index is 1.89. The molecule has 1 fully saturated rings. The Morgan fingerprint density at radius 2 is 2.12 bits per heavy atom. The highest BCUT2D eigenvalue weighted by Gasteiger charge is 2.13. The maximum Gasteiger partial charge on any atom is 0.169 e. The first-order valence-electron chi connectivity index (χ1n) is 9.68. The van der Waals surface area contributed by atoms with Crippen LogP contribution in [0.1, 0.15) is 31.7 Å². The van der Waals surface area contributed by atoms with Gasteiger partial charge < -0.3 is 19.7 Å². The van der Waals surface area contributed by atoms with Crippen molar-refractivity contribution in [2.75, 3.05) is 53.0 Å². The van der Waals surface area contributed by atoms with Crippen LogP contribution in [0, 0.1) is 0 Å². The molecule has 0 unspecified atom stereocenters. The van der Waals surface area contributed by atoms with E-state index in [4.69, 9.17) is 21.7 Å². The number of benzene rings is 1. The van der Waals surface area contributed by atoms with Crippen molar-refractivity contribution in [1.29, 1.82) is 0 Å². The molecule has 0 amide bonds. The van der Waals surface area contributed by atoms with E-state index in [2.05, 4.69) is 34.2 Å². The molecule has 0 spiro atoms. The van der Waals surface area contributed by atoms with Gasteiger partial charge in [0.1, 0.15) is 5.75 Å². The number of hydrogen-bond donors (Lipinski definition) is 1. The molecule has 0 atom stereocenters. The predicted octanol–water partition coefficient (Wildman–Crippen LogP) is 2.89. The molecule has 0 radical (unpaired) electrons. The Kier molecular flexibility index (Phi) is 9.74.